The number of carbonyl (C=O) groups excluding carboxylic acids is 1. The molecule has 0 aliphatic rings. The summed E-state index contributed by atoms with van der Waals surface area (Å²) in [5.41, 5.74) is 5.17. The number of carbonyl (C=O) groups is 1. The third-order valence-corrected chi connectivity index (χ3v) is 4.07. The zero-order valence-corrected chi connectivity index (χ0v) is 13.8. The van der Waals surface area contributed by atoms with E-state index in [1.165, 1.54) is 6.33 Å². The molecular formula is C18H16N6O. The van der Waals surface area contributed by atoms with Crippen molar-refractivity contribution in [3.05, 3.63) is 65.6 Å². The molecule has 0 unspecified atom stereocenters. The van der Waals surface area contributed by atoms with E-state index in [1.807, 2.05) is 56.3 Å². The molecular weight excluding hydrogens is 316 g/mol. The molecule has 0 fully saturated rings. The lowest BCUT2D eigenvalue weighted by molar-refractivity contribution is 0.102. The van der Waals surface area contributed by atoms with Crippen molar-refractivity contribution in [3.63, 3.8) is 0 Å². The monoisotopic (exact) mass is 332 g/mol. The van der Waals surface area contributed by atoms with Crippen LogP contribution in [0.3, 0.4) is 0 Å². The predicted octanol–water partition coefficient (Wildman–Crippen LogP) is 3.01. The number of hydrogen-bond donors (Lipinski definition) is 2. The molecule has 0 saturated carbocycles. The number of aromatic nitrogens is 5. The summed E-state index contributed by atoms with van der Waals surface area (Å²) in [6.45, 7) is 3.97. The SMILES string of the molecule is Cc1ccc2[nH]c(C(=O)Nc3ccc(-n4cnnn4)c(C)c3)cc2c1. The first-order chi connectivity index (χ1) is 12.1. The van der Waals surface area contributed by atoms with Crippen LogP contribution in [0, 0.1) is 13.8 Å². The molecule has 2 aromatic heterocycles. The molecule has 7 nitrogen and oxygen atoms in total. The van der Waals surface area contributed by atoms with Crippen LogP contribution in [0.5, 0.6) is 0 Å². The summed E-state index contributed by atoms with van der Waals surface area (Å²) in [7, 11) is 0. The molecule has 0 radical (unpaired) electrons. The second kappa shape index (κ2) is 5.86. The van der Waals surface area contributed by atoms with E-state index in [2.05, 4.69) is 25.8 Å². The number of nitrogens with zero attached hydrogens (tertiary/aromatic N) is 4. The van der Waals surface area contributed by atoms with Crippen molar-refractivity contribution in [3.8, 4) is 5.69 Å². The van der Waals surface area contributed by atoms with Crippen molar-refractivity contribution < 1.29 is 4.79 Å². The van der Waals surface area contributed by atoms with Gasteiger partial charge in [0.25, 0.3) is 5.91 Å². The maximum absolute atomic E-state index is 12.5. The Hall–Kier alpha value is -3.48. The Bertz CT molecular complexity index is 1060. The number of anilines is 1. The summed E-state index contributed by atoms with van der Waals surface area (Å²) in [6, 6.07) is 13.5. The quantitative estimate of drug-likeness (QED) is 0.603. The van der Waals surface area contributed by atoms with Crippen LogP contribution in [-0.4, -0.2) is 31.1 Å². The van der Waals surface area contributed by atoms with Crippen molar-refractivity contribution in [2.24, 2.45) is 0 Å². The highest BCUT2D eigenvalue weighted by atomic mass is 16.1. The van der Waals surface area contributed by atoms with E-state index in [1.54, 1.807) is 4.68 Å². The van der Waals surface area contributed by atoms with Crippen molar-refractivity contribution in [1.29, 1.82) is 0 Å². The van der Waals surface area contributed by atoms with Gasteiger partial charge < -0.3 is 10.3 Å². The van der Waals surface area contributed by atoms with Gasteiger partial charge in [-0.1, -0.05) is 11.6 Å². The Morgan fingerprint density at radius 1 is 1.12 bits per heavy atom. The molecule has 124 valence electrons. The third kappa shape index (κ3) is 2.87. The Morgan fingerprint density at radius 3 is 2.76 bits per heavy atom. The first kappa shape index (κ1) is 15.1. The molecule has 0 bridgehead atoms. The molecule has 2 aromatic carbocycles. The summed E-state index contributed by atoms with van der Waals surface area (Å²) >= 11 is 0. The van der Waals surface area contributed by atoms with Gasteiger partial charge in [0.1, 0.15) is 12.0 Å². The standard InChI is InChI=1S/C18H16N6O/c1-11-3-5-15-13(7-11)9-16(21-15)18(25)20-14-4-6-17(12(2)8-14)24-10-19-22-23-24/h3-10,21H,1-2H3,(H,20,25). The molecule has 2 N–H and O–H groups in total. The van der Waals surface area contributed by atoms with Crippen LogP contribution >= 0.6 is 0 Å². The summed E-state index contributed by atoms with van der Waals surface area (Å²) in [5, 5.41) is 15.1. The molecule has 0 aliphatic carbocycles. The smallest absolute Gasteiger partial charge is 0.272 e. The molecule has 0 aliphatic heterocycles. The van der Waals surface area contributed by atoms with Crippen molar-refractivity contribution in [2.45, 2.75) is 13.8 Å². The maximum Gasteiger partial charge on any atom is 0.272 e. The maximum atomic E-state index is 12.5. The van der Waals surface area contributed by atoms with Crippen LogP contribution in [0.1, 0.15) is 21.6 Å². The van der Waals surface area contributed by atoms with Crippen molar-refractivity contribution >= 4 is 22.5 Å². The Kier molecular flexibility index (Phi) is 3.53. The summed E-state index contributed by atoms with van der Waals surface area (Å²) in [4.78, 5) is 15.7. The number of rotatable bonds is 3. The zero-order chi connectivity index (χ0) is 17.4. The van der Waals surface area contributed by atoms with E-state index < -0.39 is 0 Å². The summed E-state index contributed by atoms with van der Waals surface area (Å²) in [6.07, 6.45) is 1.53. The molecule has 0 saturated heterocycles. The van der Waals surface area contributed by atoms with Crippen LogP contribution in [0.25, 0.3) is 16.6 Å². The molecule has 1 amide bonds. The number of fused-ring (bicyclic) bond motifs is 1. The van der Waals surface area contributed by atoms with Gasteiger partial charge in [-0.25, -0.2) is 4.68 Å². The minimum absolute atomic E-state index is 0.177. The van der Waals surface area contributed by atoms with E-state index in [-0.39, 0.29) is 5.91 Å². The van der Waals surface area contributed by atoms with Gasteiger partial charge in [0, 0.05) is 16.6 Å². The molecule has 2 heterocycles. The fourth-order valence-corrected chi connectivity index (χ4v) is 2.83. The van der Waals surface area contributed by atoms with Crippen molar-refractivity contribution in [2.75, 3.05) is 5.32 Å². The highest BCUT2D eigenvalue weighted by molar-refractivity contribution is 6.06. The number of amides is 1. The van der Waals surface area contributed by atoms with E-state index >= 15 is 0 Å². The van der Waals surface area contributed by atoms with Crippen LogP contribution in [-0.2, 0) is 0 Å². The molecule has 4 aromatic rings. The molecule has 4 rings (SSSR count). The van der Waals surface area contributed by atoms with Gasteiger partial charge in [-0.15, -0.1) is 5.10 Å². The molecule has 0 spiro atoms. The van der Waals surface area contributed by atoms with Gasteiger partial charge in [0.05, 0.1) is 5.69 Å². The van der Waals surface area contributed by atoms with Gasteiger partial charge in [-0.2, -0.15) is 0 Å². The Morgan fingerprint density at radius 2 is 2.00 bits per heavy atom. The van der Waals surface area contributed by atoms with Crippen molar-refractivity contribution in [1.82, 2.24) is 25.2 Å². The summed E-state index contributed by atoms with van der Waals surface area (Å²) in [5.74, 6) is -0.177. The van der Waals surface area contributed by atoms with Gasteiger partial charge in [-0.3, -0.25) is 4.79 Å². The van der Waals surface area contributed by atoms with Gasteiger partial charge >= 0.3 is 0 Å². The Labute approximate surface area is 143 Å². The zero-order valence-electron chi connectivity index (χ0n) is 13.8. The highest BCUT2D eigenvalue weighted by Gasteiger charge is 2.11. The topological polar surface area (TPSA) is 88.5 Å². The van der Waals surface area contributed by atoms with E-state index in [0.29, 0.717) is 11.4 Å². The molecule has 25 heavy (non-hydrogen) atoms. The third-order valence-electron chi connectivity index (χ3n) is 4.07. The number of hydrogen-bond acceptors (Lipinski definition) is 4. The second-order valence-electron chi connectivity index (χ2n) is 5.98. The van der Waals surface area contributed by atoms with E-state index in [9.17, 15) is 4.79 Å². The second-order valence-corrected chi connectivity index (χ2v) is 5.98. The van der Waals surface area contributed by atoms with Gasteiger partial charge in [0.2, 0.25) is 0 Å². The number of benzene rings is 2. The lowest BCUT2D eigenvalue weighted by atomic mass is 10.1. The number of nitrogens with one attached hydrogen (secondary N) is 2. The van der Waals surface area contributed by atoms with Crippen LogP contribution in [0.15, 0.2) is 48.8 Å². The number of aryl methyl sites for hydroxylation is 2. The average molecular weight is 332 g/mol. The normalized spacial score (nSPS) is 11.0. The van der Waals surface area contributed by atoms with Gasteiger partial charge in [0.15, 0.2) is 0 Å². The molecule has 0 atom stereocenters. The highest BCUT2D eigenvalue weighted by Crippen LogP contribution is 2.20. The Balaban J connectivity index is 1.58. The number of tetrazole rings is 1. The van der Waals surface area contributed by atoms with Crippen LogP contribution in [0.4, 0.5) is 5.69 Å². The fraction of sp³-hybridized carbons (Fsp3) is 0.111. The first-order valence-electron chi connectivity index (χ1n) is 7.85. The first-order valence-corrected chi connectivity index (χ1v) is 7.85. The fourth-order valence-electron chi connectivity index (χ4n) is 2.83. The predicted molar refractivity (Wildman–Crippen MR) is 94.9 cm³/mol. The van der Waals surface area contributed by atoms with E-state index in [0.717, 1.165) is 27.7 Å². The minimum Gasteiger partial charge on any atom is -0.351 e. The van der Waals surface area contributed by atoms with Crippen LogP contribution < -0.4 is 5.32 Å². The summed E-state index contributed by atoms with van der Waals surface area (Å²) < 4.78 is 1.58. The largest absolute Gasteiger partial charge is 0.351 e. The van der Waals surface area contributed by atoms with Gasteiger partial charge in [-0.05, 0) is 66.2 Å². The number of aromatic amines is 1. The molecule has 7 heteroatoms. The lowest BCUT2D eigenvalue weighted by Crippen LogP contribution is -2.12. The van der Waals surface area contributed by atoms with Crippen LogP contribution in [0.2, 0.25) is 0 Å². The average Bonchev–Trinajstić information content (AvgIpc) is 3.23. The minimum atomic E-state index is -0.177. The number of H-pyrrole nitrogens is 1. The lowest BCUT2D eigenvalue weighted by Gasteiger charge is -2.08. The van der Waals surface area contributed by atoms with E-state index in [4.69, 9.17) is 0 Å².